The van der Waals surface area contributed by atoms with Crippen LogP contribution in [0.25, 0.3) is 0 Å². The third kappa shape index (κ3) is 2.01. The topological polar surface area (TPSA) is 94.8 Å². The Morgan fingerprint density at radius 2 is 2.00 bits per heavy atom. The van der Waals surface area contributed by atoms with Gasteiger partial charge in [-0.1, -0.05) is 0 Å². The molecule has 0 aromatic carbocycles. The third-order valence-corrected chi connectivity index (χ3v) is 1.66. The first kappa shape index (κ1) is 9.63. The van der Waals surface area contributed by atoms with Crippen molar-refractivity contribution in [1.82, 2.24) is 0 Å². The van der Waals surface area contributed by atoms with Gasteiger partial charge in [0.1, 0.15) is 12.2 Å². The zero-order valence-electron chi connectivity index (χ0n) is 6.54. The van der Waals surface area contributed by atoms with E-state index in [0.717, 1.165) is 18.2 Å². The number of carbonyl (C=O) groups is 2. The van der Waals surface area contributed by atoms with E-state index in [1.807, 2.05) is 0 Å². The van der Waals surface area contributed by atoms with Crippen LogP contribution in [-0.2, 0) is 9.59 Å². The van der Waals surface area contributed by atoms with Crippen molar-refractivity contribution in [1.29, 1.82) is 0 Å². The minimum atomic E-state index is -1.46. The van der Waals surface area contributed by atoms with E-state index in [0.29, 0.717) is 0 Å². The number of rotatable bonds is 2. The van der Waals surface area contributed by atoms with E-state index < -0.39 is 24.0 Å². The summed E-state index contributed by atoms with van der Waals surface area (Å²) >= 11 is 0. The predicted molar refractivity (Wildman–Crippen MR) is 41.9 cm³/mol. The second kappa shape index (κ2) is 3.51. The molecule has 1 rings (SSSR count). The summed E-state index contributed by atoms with van der Waals surface area (Å²) in [6, 6.07) is 0. The van der Waals surface area contributed by atoms with Crippen molar-refractivity contribution >= 4 is 11.8 Å². The molecule has 3 N–H and O–H groups in total. The Balaban J connectivity index is 2.78. The molecule has 5 heteroatoms. The standard InChI is InChI=1S/C8H8O5/c9-5-3-4(1-2-6(10)11)7(12)8(5)13/h1-3,7-8,12-13H,(H,10,11)/b2-1+/t7-,8-/m1/s1. The maximum absolute atomic E-state index is 10.8. The second-order valence-electron chi connectivity index (χ2n) is 2.61. The smallest absolute Gasteiger partial charge is 0.328 e. The Bertz CT molecular complexity index is 302. The van der Waals surface area contributed by atoms with E-state index in [2.05, 4.69) is 0 Å². The lowest BCUT2D eigenvalue weighted by atomic mass is 10.1. The monoisotopic (exact) mass is 184 g/mol. The highest BCUT2D eigenvalue weighted by Crippen LogP contribution is 2.17. The molecule has 0 aromatic heterocycles. The van der Waals surface area contributed by atoms with Crippen molar-refractivity contribution in [2.75, 3.05) is 0 Å². The van der Waals surface area contributed by atoms with Crippen LogP contribution in [0.2, 0.25) is 0 Å². The van der Waals surface area contributed by atoms with Crippen molar-refractivity contribution in [3.8, 4) is 0 Å². The molecule has 1 aliphatic carbocycles. The zero-order valence-corrected chi connectivity index (χ0v) is 6.54. The molecule has 1 aliphatic rings. The fraction of sp³-hybridized carbons (Fsp3) is 0.250. The van der Waals surface area contributed by atoms with Crippen LogP contribution in [-0.4, -0.2) is 39.3 Å². The van der Waals surface area contributed by atoms with E-state index in [9.17, 15) is 9.59 Å². The molecule has 2 atom stereocenters. The Labute approximate surface area is 73.6 Å². The average Bonchev–Trinajstić information content (AvgIpc) is 2.29. The molecule has 0 saturated heterocycles. The molecule has 0 heterocycles. The van der Waals surface area contributed by atoms with E-state index in [1.165, 1.54) is 0 Å². The second-order valence-corrected chi connectivity index (χ2v) is 2.61. The zero-order chi connectivity index (χ0) is 10.0. The molecule has 0 bridgehead atoms. The first-order valence-corrected chi connectivity index (χ1v) is 3.55. The predicted octanol–water partition coefficient (Wildman–Crippen LogP) is -1.14. The van der Waals surface area contributed by atoms with E-state index in [-0.39, 0.29) is 5.57 Å². The Morgan fingerprint density at radius 1 is 1.38 bits per heavy atom. The molecular formula is C8H8O5. The summed E-state index contributed by atoms with van der Waals surface area (Å²) in [5, 5.41) is 26.4. The SMILES string of the molecule is O=C(O)/C=C/C1=CC(=O)[C@@H](O)[C@@H]1O. The van der Waals surface area contributed by atoms with Crippen molar-refractivity contribution < 1.29 is 24.9 Å². The summed E-state index contributed by atoms with van der Waals surface area (Å²) in [6.07, 6.45) is 0.118. The summed E-state index contributed by atoms with van der Waals surface area (Å²) in [7, 11) is 0. The van der Waals surface area contributed by atoms with Gasteiger partial charge in [0.2, 0.25) is 0 Å². The highest BCUT2D eigenvalue weighted by molar-refractivity contribution is 5.98. The largest absolute Gasteiger partial charge is 0.478 e. The number of carboxylic acid groups (broad SMARTS) is 1. The number of hydrogen-bond acceptors (Lipinski definition) is 4. The Hall–Kier alpha value is -1.46. The highest BCUT2D eigenvalue weighted by atomic mass is 16.4. The number of aliphatic hydroxyl groups is 2. The van der Waals surface area contributed by atoms with Gasteiger partial charge in [0.15, 0.2) is 5.78 Å². The number of carbonyl (C=O) groups excluding carboxylic acids is 1. The lowest BCUT2D eigenvalue weighted by Gasteiger charge is -2.07. The summed E-state index contributed by atoms with van der Waals surface area (Å²) in [4.78, 5) is 20.9. The van der Waals surface area contributed by atoms with E-state index in [4.69, 9.17) is 15.3 Å². The van der Waals surface area contributed by atoms with Crippen LogP contribution in [0.5, 0.6) is 0 Å². The molecular weight excluding hydrogens is 176 g/mol. The van der Waals surface area contributed by atoms with Gasteiger partial charge in [-0.05, 0) is 17.7 Å². The Kier molecular flexibility index (Phi) is 2.60. The molecule has 13 heavy (non-hydrogen) atoms. The number of hydrogen-bond donors (Lipinski definition) is 3. The van der Waals surface area contributed by atoms with Gasteiger partial charge >= 0.3 is 5.97 Å². The van der Waals surface area contributed by atoms with Gasteiger partial charge in [-0.15, -0.1) is 0 Å². The molecule has 0 spiro atoms. The molecule has 0 radical (unpaired) electrons. The molecule has 0 amide bonds. The minimum absolute atomic E-state index is 0.111. The summed E-state index contributed by atoms with van der Waals surface area (Å²) in [6.45, 7) is 0. The van der Waals surface area contributed by atoms with Gasteiger partial charge in [-0.2, -0.15) is 0 Å². The minimum Gasteiger partial charge on any atom is -0.478 e. The number of carboxylic acids is 1. The molecule has 0 saturated carbocycles. The van der Waals surface area contributed by atoms with Crippen molar-refractivity contribution in [3.63, 3.8) is 0 Å². The molecule has 0 fully saturated rings. The quantitative estimate of drug-likeness (QED) is 0.471. The van der Waals surface area contributed by atoms with Crippen molar-refractivity contribution in [2.24, 2.45) is 0 Å². The normalized spacial score (nSPS) is 28.2. The van der Waals surface area contributed by atoms with Crippen LogP contribution >= 0.6 is 0 Å². The first-order chi connectivity index (χ1) is 6.02. The van der Waals surface area contributed by atoms with Crippen LogP contribution in [0.3, 0.4) is 0 Å². The number of aliphatic hydroxyl groups excluding tert-OH is 2. The first-order valence-electron chi connectivity index (χ1n) is 3.55. The van der Waals surface area contributed by atoms with E-state index in [1.54, 1.807) is 0 Å². The lowest BCUT2D eigenvalue weighted by molar-refractivity contribution is -0.131. The van der Waals surface area contributed by atoms with Gasteiger partial charge in [0.25, 0.3) is 0 Å². The van der Waals surface area contributed by atoms with Crippen molar-refractivity contribution in [2.45, 2.75) is 12.2 Å². The maximum Gasteiger partial charge on any atom is 0.328 e. The molecule has 5 nitrogen and oxygen atoms in total. The van der Waals surface area contributed by atoms with Crippen LogP contribution < -0.4 is 0 Å². The molecule has 70 valence electrons. The summed E-state index contributed by atoms with van der Waals surface area (Å²) in [5.41, 5.74) is 0.111. The fourth-order valence-corrected chi connectivity index (χ4v) is 0.987. The summed E-state index contributed by atoms with van der Waals surface area (Å²) < 4.78 is 0. The van der Waals surface area contributed by atoms with Gasteiger partial charge < -0.3 is 15.3 Å². The number of aliphatic carboxylic acids is 1. The maximum atomic E-state index is 10.8. The third-order valence-electron chi connectivity index (χ3n) is 1.66. The van der Waals surface area contributed by atoms with Crippen LogP contribution in [0, 0.1) is 0 Å². The fourth-order valence-electron chi connectivity index (χ4n) is 0.987. The van der Waals surface area contributed by atoms with Crippen LogP contribution in [0.4, 0.5) is 0 Å². The van der Waals surface area contributed by atoms with Gasteiger partial charge in [0.05, 0.1) is 0 Å². The lowest BCUT2D eigenvalue weighted by Crippen LogP contribution is -2.27. The van der Waals surface area contributed by atoms with E-state index >= 15 is 0 Å². The highest BCUT2D eigenvalue weighted by Gasteiger charge is 2.31. The Morgan fingerprint density at radius 3 is 2.38 bits per heavy atom. The van der Waals surface area contributed by atoms with Crippen LogP contribution in [0.1, 0.15) is 0 Å². The van der Waals surface area contributed by atoms with Gasteiger partial charge in [-0.25, -0.2) is 4.79 Å². The molecule has 0 unspecified atom stereocenters. The average molecular weight is 184 g/mol. The summed E-state index contributed by atoms with van der Waals surface area (Å²) in [5.74, 6) is -1.79. The molecule has 0 aliphatic heterocycles. The van der Waals surface area contributed by atoms with Crippen LogP contribution in [0.15, 0.2) is 23.8 Å². The van der Waals surface area contributed by atoms with Gasteiger partial charge in [-0.3, -0.25) is 4.79 Å². The van der Waals surface area contributed by atoms with Gasteiger partial charge in [0, 0.05) is 6.08 Å². The van der Waals surface area contributed by atoms with Crippen molar-refractivity contribution in [3.05, 3.63) is 23.8 Å². The molecule has 0 aromatic rings. The number of ketones is 1.